The number of likely N-dealkylation sites (tertiary alicyclic amines) is 1. The molecular weight excluding hydrogens is 258 g/mol. The van der Waals surface area contributed by atoms with Gasteiger partial charge in [-0.15, -0.1) is 0 Å². The van der Waals surface area contributed by atoms with Crippen LogP contribution in [0.2, 0.25) is 0 Å². The minimum atomic E-state index is -1.12. The van der Waals surface area contributed by atoms with Gasteiger partial charge in [0.25, 0.3) is 0 Å². The number of aliphatic hydroxyl groups is 1. The molecular formula is C14H23N3O3. The maximum atomic E-state index is 12.1. The zero-order chi connectivity index (χ0) is 15.1. The highest BCUT2D eigenvalue weighted by Crippen LogP contribution is 2.31. The van der Waals surface area contributed by atoms with Gasteiger partial charge in [0.05, 0.1) is 12.5 Å². The second kappa shape index (κ2) is 4.84. The molecule has 0 saturated carbocycles. The van der Waals surface area contributed by atoms with Gasteiger partial charge in [-0.2, -0.15) is 0 Å². The fourth-order valence-corrected chi connectivity index (χ4v) is 2.66. The Hall–Kier alpha value is -1.43. The van der Waals surface area contributed by atoms with Crippen LogP contribution >= 0.6 is 0 Å². The van der Waals surface area contributed by atoms with Crippen molar-refractivity contribution in [3.63, 3.8) is 0 Å². The van der Waals surface area contributed by atoms with Crippen molar-refractivity contribution in [2.45, 2.75) is 52.4 Å². The van der Waals surface area contributed by atoms with E-state index >= 15 is 0 Å². The van der Waals surface area contributed by atoms with E-state index in [1.54, 1.807) is 18.7 Å². The molecule has 0 aromatic heterocycles. The summed E-state index contributed by atoms with van der Waals surface area (Å²) in [6, 6.07) is 0. The van der Waals surface area contributed by atoms with Crippen LogP contribution < -0.4 is 0 Å². The number of carbonyl (C=O) groups excluding carboxylic acids is 1. The molecule has 0 radical (unpaired) electrons. The molecule has 112 valence electrons. The molecule has 1 N–H and O–H groups in total. The number of aliphatic imine (C=N–C) groups is 2. The van der Waals surface area contributed by atoms with Gasteiger partial charge >= 0.3 is 6.09 Å². The first-order valence-corrected chi connectivity index (χ1v) is 6.93. The predicted octanol–water partition coefficient (Wildman–Crippen LogP) is 1.82. The van der Waals surface area contributed by atoms with E-state index in [0.717, 1.165) is 5.71 Å². The number of fused-ring (bicyclic) bond motifs is 1. The summed E-state index contributed by atoms with van der Waals surface area (Å²) in [5.41, 5.74) is -0.827. The number of amidine groups is 1. The number of nitrogens with zero attached hydrogens (tertiary/aromatic N) is 3. The molecule has 0 spiro atoms. The van der Waals surface area contributed by atoms with E-state index in [9.17, 15) is 9.90 Å². The van der Waals surface area contributed by atoms with E-state index in [1.807, 2.05) is 20.8 Å². The second-order valence-electron chi connectivity index (χ2n) is 6.60. The van der Waals surface area contributed by atoms with Gasteiger partial charge < -0.3 is 14.7 Å². The lowest BCUT2D eigenvalue weighted by Crippen LogP contribution is -2.53. The zero-order valence-corrected chi connectivity index (χ0v) is 12.8. The van der Waals surface area contributed by atoms with E-state index in [2.05, 4.69) is 9.98 Å². The first kappa shape index (κ1) is 15.0. The van der Waals surface area contributed by atoms with Crippen molar-refractivity contribution >= 4 is 17.6 Å². The Morgan fingerprint density at radius 2 is 2.15 bits per heavy atom. The van der Waals surface area contributed by atoms with Crippen molar-refractivity contribution in [3.05, 3.63) is 0 Å². The Bertz CT molecular complexity index is 475. The van der Waals surface area contributed by atoms with Crippen LogP contribution in [0.25, 0.3) is 0 Å². The number of amides is 1. The number of hydrogen-bond donors (Lipinski definition) is 1. The lowest BCUT2D eigenvalue weighted by molar-refractivity contribution is 0.00480. The summed E-state index contributed by atoms with van der Waals surface area (Å²) >= 11 is 0. The molecule has 0 bridgehead atoms. The average molecular weight is 281 g/mol. The van der Waals surface area contributed by atoms with Gasteiger partial charge in [-0.25, -0.2) is 14.8 Å². The fourth-order valence-electron chi connectivity index (χ4n) is 2.66. The van der Waals surface area contributed by atoms with Gasteiger partial charge in [-0.1, -0.05) is 0 Å². The van der Waals surface area contributed by atoms with Crippen molar-refractivity contribution in [1.82, 2.24) is 4.90 Å². The van der Waals surface area contributed by atoms with Crippen LogP contribution in [-0.4, -0.2) is 52.1 Å². The molecule has 2 aliphatic rings. The normalized spacial score (nSPS) is 30.3. The SMILES string of the molecule is CC1=NC(C)(O)C2CCN(C(=O)OC(C)(C)C)CC2=N1. The standard InChI is InChI=1S/C14H23N3O3/c1-9-15-11-8-17(12(18)20-13(2,3)4)7-6-10(11)14(5,19)16-9/h10,19H,6-8H2,1-5H3. The summed E-state index contributed by atoms with van der Waals surface area (Å²) in [4.78, 5) is 22.3. The highest BCUT2D eigenvalue weighted by atomic mass is 16.6. The fraction of sp³-hybridized carbons (Fsp3) is 0.786. The molecule has 2 unspecified atom stereocenters. The Labute approximate surface area is 119 Å². The minimum Gasteiger partial charge on any atom is -0.444 e. The number of ether oxygens (including phenoxy) is 1. The number of piperidine rings is 1. The lowest BCUT2D eigenvalue weighted by Gasteiger charge is -2.40. The molecule has 6 heteroatoms. The summed E-state index contributed by atoms with van der Waals surface area (Å²) in [5, 5.41) is 10.3. The van der Waals surface area contributed by atoms with Gasteiger partial charge in [0.1, 0.15) is 11.4 Å². The molecule has 0 aromatic rings. The third-order valence-electron chi connectivity index (χ3n) is 3.45. The Balaban J connectivity index is 2.11. The smallest absolute Gasteiger partial charge is 0.410 e. The van der Waals surface area contributed by atoms with E-state index < -0.39 is 11.3 Å². The molecule has 6 nitrogen and oxygen atoms in total. The third kappa shape index (κ3) is 3.17. The maximum Gasteiger partial charge on any atom is 0.410 e. The molecule has 0 aliphatic carbocycles. The number of hydrogen-bond acceptors (Lipinski definition) is 5. The van der Waals surface area contributed by atoms with Crippen molar-refractivity contribution in [3.8, 4) is 0 Å². The summed E-state index contributed by atoms with van der Waals surface area (Å²) in [5.74, 6) is 0.428. The maximum absolute atomic E-state index is 12.1. The van der Waals surface area contributed by atoms with Crippen molar-refractivity contribution in [2.24, 2.45) is 15.9 Å². The van der Waals surface area contributed by atoms with Crippen LogP contribution in [0, 0.1) is 5.92 Å². The molecule has 2 rings (SSSR count). The molecule has 0 aromatic carbocycles. The van der Waals surface area contributed by atoms with Crippen molar-refractivity contribution < 1.29 is 14.6 Å². The monoisotopic (exact) mass is 281 g/mol. The number of carbonyl (C=O) groups is 1. The highest BCUT2D eigenvalue weighted by molar-refractivity contribution is 6.03. The minimum absolute atomic E-state index is 0.120. The summed E-state index contributed by atoms with van der Waals surface area (Å²) in [6.07, 6.45) is 0.306. The predicted molar refractivity (Wildman–Crippen MR) is 77.1 cm³/mol. The van der Waals surface area contributed by atoms with Crippen LogP contribution in [-0.2, 0) is 4.74 Å². The molecule has 1 fully saturated rings. The van der Waals surface area contributed by atoms with Crippen molar-refractivity contribution in [1.29, 1.82) is 0 Å². The quantitative estimate of drug-likeness (QED) is 0.736. The molecule has 2 atom stereocenters. The van der Waals surface area contributed by atoms with Gasteiger partial charge in [-0.3, -0.25) is 0 Å². The second-order valence-corrected chi connectivity index (χ2v) is 6.60. The molecule has 2 heterocycles. The molecule has 2 aliphatic heterocycles. The van der Waals surface area contributed by atoms with Crippen LogP contribution in [0.5, 0.6) is 0 Å². The van der Waals surface area contributed by atoms with Crippen LogP contribution in [0.4, 0.5) is 4.79 Å². The first-order chi connectivity index (χ1) is 9.08. The topological polar surface area (TPSA) is 74.5 Å². The molecule has 1 saturated heterocycles. The highest BCUT2D eigenvalue weighted by Gasteiger charge is 2.42. The average Bonchev–Trinajstić information content (AvgIpc) is 2.24. The van der Waals surface area contributed by atoms with Gasteiger partial charge in [0.2, 0.25) is 0 Å². The zero-order valence-electron chi connectivity index (χ0n) is 12.8. The summed E-state index contributed by atoms with van der Waals surface area (Å²) in [7, 11) is 0. The van der Waals surface area contributed by atoms with E-state index in [0.29, 0.717) is 25.3 Å². The molecule has 1 amide bonds. The Morgan fingerprint density at radius 3 is 2.75 bits per heavy atom. The van der Waals surface area contributed by atoms with Crippen molar-refractivity contribution in [2.75, 3.05) is 13.1 Å². The Morgan fingerprint density at radius 1 is 1.50 bits per heavy atom. The van der Waals surface area contributed by atoms with E-state index in [-0.39, 0.29) is 12.0 Å². The van der Waals surface area contributed by atoms with Crippen LogP contribution in [0.1, 0.15) is 41.0 Å². The van der Waals surface area contributed by atoms with Crippen LogP contribution in [0.3, 0.4) is 0 Å². The Kier molecular flexibility index (Phi) is 3.62. The lowest BCUT2D eigenvalue weighted by atomic mass is 9.85. The van der Waals surface area contributed by atoms with Crippen LogP contribution in [0.15, 0.2) is 9.98 Å². The summed E-state index contributed by atoms with van der Waals surface area (Å²) in [6.45, 7) is 9.92. The largest absolute Gasteiger partial charge is 0.444 e. The number of rotatable bonds is 0. The van der Waals surface area contributed by atoms with Gasteiger partial charge in [0.15, 0.2) is 5.72 Å². The first-order valence-electron chi connectivity index (χ1n) is 6.93. The van der Waals surface area contributed by atoms with Gasteiger partial charge in [-0.05, 0) is 41.0 Å². The third-order valence-corrected chi connectivity index (χ3v) is 3.45. The van der Waals surface area contributed by atoms with E-state index in [1.165, 1.54) is 0 Å². The van der Waals surface area contributed by atoms with E-state index in [4.69, 9.17) is 4.74 Å². The van der Waals surface area contributed by atoms with Gasteiger partial charge in [0, 0.05) is 12.3 Å². The molecule has 20 heavy (non-hydrogen) atoms. The summed E-state index contributed by atoms with van der Waals surface area (Å²) < 4.78 is 5.37.